The predicted octanol–water partition coefficient (Wildman–Crippen LogP) is 4.73. The van der Waals surface area contributed by atoms with Gasteiger partial charge in [0.05, 0.1) is 4.87 Å². The molecular weight excluding hydrogens is 382 g/mol. The SMILES string of the molecule is CCc1cccc(NC(=O)N2CCC3(CC2)SCCN3C(=O)C2CCCCC2)c1. The number of benzene rings is 1. The Kier molecular flexibility index (Phi) is 6.38. The van der Waals surface area contributed by atoms with Crippen LogP contribution in [0.2, 0.25) is 0 Å². The normalized spacial score (nSPS) is 22.1. The topological polar surface area (TPSA) is 52.7 Å². The van der Waals surface area contributed by atoms with Gasteiger partial charge in [-0.05, 0) is 49.8 Å². The third kappa shape index (κ3) is 4.42. The molecular formula is C23H33N3O2S. The maximum Gasteiger partial charge on any atom is 0.321 e. The van der Waals surface area contributed by atoms with Crippen LogP contribution in [0.1, 0.15) is 57.4 Å². The first-order valence-electron chi connectivity index (χ1n) is 11.2. The minimum Gasteiger partial charge on any atom is -0.327 e. The molecule has 158 valence electrons. The lowest BCUT2D eigenvalue weighted by Crippen LogP contribution is -2.55. The molecule has 3 aliphatic rings. The van der Waals surface area contributed by atoms with Gasteiger partial charge < -0.3 is 15.1 Å². The fourth-order valence-electron chi connectivity index (χ4n) is 5.03. The lowest BCUT2D eigenvalue weighted by atomic mass is 9.87. The molecule has 3 amide bonds. The summed E-state index contributed by atoms with van der Waals surface area (Å²) in [6, 6.07) is 8.03. The molecule has 29 heavy (non-hydrogen) atoms. The zero-order chi connectivity index (χ0) is 20.3. The summed E-state index contributed by atoms with van der Waals surface area (Å²) in [5.41, 5.74) is 2.08. The van der Waals surface area contributed by atoms with Gasteiger partial charge in [-0.1, -0.05) is 38.3 Å². The maximum absolute atomic E-state index is 13.2. The summed E-state index contributed by atoms with van der Waals surface area (Å²) in [5.74, 6) is 1.63. The first-order chi connectivity index (χ1) is 14.1. The quantitative estimate of drug-likeness (QED) is 0.776. The molecule has 2 heterocycles. The number of piperidine rings is 1. The van der Waals surface area contributed by atoms with E-state index < -0.39 is 0 Å². The van der Waals surface area contributed by atoms with Crippen molar-refractivity contribution in [2.24, 2.45) is 5.92 Å². The van der Waals surface area contributed by atoms with Crippen LogP contribution in [-0.4, -0.2) is 52.0 Å². The fourth-order valence-corrected chi connectivity index (χ4v) is 6.50. The molecule has 1 saturated carbocycles. The Morgan fingerprint density at radius 3 is 2.62 bits per heavy atom. The van der Waals surface area contributed by atoms with Gasteiger partial charge in [-0.25, -0.2) is 4.79 Å². The smallest absolute Gasteiger partial charge is 0.321 e. The predicted molar refractivity (Wildman–Crippen MR) is 119 cm³/mol. The molecule has 0 aromatic heterocycles. The Labute approximate surface area is 178 Å². The van der Waals surface area contributed by atoms with Crippen molar-refractivity contribution in [1.82, 2.24) is 9.80 Å². The number of aryl methyl sites for hydroxylation is 1. The first-order valence-corrected chi connectivity index (χ1v) is 12.2. The number of carbonyl (C=O) groups excluding carboxylic acids is 2. The molecule has 1 aliphatic carbocycles. The van der Waals surface area contributed by atoms with Crippen LogP contribution in [-0.2, 0) is 11.2 Å². The Bertz CT molecular complexity index is 739. The number of amides is 3. The molecule has 6 heteroatoms. The zero-order valence-corrected chi connectivity index (χ0v) is 18.3. The third-order valence-electron chi connectivity index (χ3n) is 6.82. The lowest BCUT2D eigenvalue weighted by Gasteiger charge is -2.45. The van der Waals surface area contributed by atoms with Gasteiger partial charge in [-0.2, -0.15) is 0 Å². The Balaban J connectivity index is 1.36. The number of nitrogens with one attached hydrogen (secondary N) is 1. The standard InChI is InChI=1S/C23H33N3O2S/c1-2-18-7-6-10-20(17-18)24-22(28)25-13-11-23(12-14-25)26(15-16-29-23)21(27)19-8-4-3-5-9-19/h6-7,10,17,19H,2-5,8-9,11-16H2,1H3,(H,24,28). The minimum absolute atomic E-state index is 0.0266. The molecule has 4 rings (SSSR count). The van der Waals surface area contributed by atoms with Gasteiger partial charge in [0, 0.05) is 37.0 Å². The molecule has 1 aromatic rings. The second-order valence-electron chi connectivity index (χ2n) is 8.59. The van der Waals surface area contributed by atoms with E-state index >= 15 is 0 Å². The van der Waals surface area contributed by atoms with Crippen molar-refractivity contribution in [2.75, 3.05) is 30.7 Å². The highest BCUT2D eigenvalue weighted by Gasteiger charge is 2.48. The highest BCUT2D eigenvalue weighted by Crippen LogP contribution is 2.45. The van der Waals surface area contributed by atoms with Crippen molar-refractivity contribution in [3.8, 4) is 0 Å². The summed E-state index contributed by atoms with van der Waals surface area (Å²) in [6.45, 7) is 4.40. The van der Waals surface area contributed by atoms with Gasteiger partial charge in [-0.3, -0.25) is 4.79 Å². The molecule has 0 atom stereocenters. The zero-order valence-electron chi connectivity index (χ0n) is 17.5. The number of nitrogens with zero attached hydrogens (tertiary/aromatic N) is 2. The van der Waals surface area contributed by atoms with E-state index in [0.29, 0.717) is 19.0 Å². The van der Waals surface area contributed by atoms with Crippen LogP contribution in [0.3, 0.4) is 0 Å². The molecule has 0 bridgehead atoms. The molecule has 0 radical (unpaired) electrons. The second kappa shape index (κ2) is 8.99. The average molecular weight is 416 g/mol. The van der Waals surface area contributed by atoms with Gasteiger partial charge >= 0.3 is 6.03 Å². The summed E-state index contributed by atoms with van der Waals surface area (Å²) in [7, 11) is 0. The minimum atomic E-state index is -0.0898. The average Bonchev–Trinajstić information content (AvgIpc) is 3.17. The van der Waals surface area contributed by atoms with Crippen LogP contribution < -0.4 is 5.32 Å². The highest BCUT2D eigenvalue weighted by molar-refractivity contribution is 8.00. The number of likely N-dealkylation sites (tertiary alicyclic amines) is 1. The van der Waals surface area contributed by atoms with Gasteiger partial charge in [-0.15, -0.1) is 11.8 Å². The van der Waals surface area contributed by atoms with E-state index in [1.807, 2.05) is 34.9 Å². The van der Waals surface area contributed by atoms with Crippen LogP contribution in [0.5, 0.6) is 0 Å². The van der Waals surface area contributed by atoms with Gasteiger partial charge in [0.2, 0.25) is 5.91 Å². The fraction of sp³-hybridized carbons (Fsp3) is 0.652. The van der Waals surface area contributed by atoms with Gasteiger partial charge in [0.25, 0.3) is 0 Å². The van der Waals surface area contributed by atoms with Crippen LogP contribution in [0.15, 0.2) is 24.3 Å². The Hall–Kier alpha value is -1.69. The van der Waals surface area contributed by atoms with Crippen LogP contribution in [0.4, 0.5) is 10.5 Å². The molecule has 0 unspecified atom stereocenters. The van der Waals surface area contributed by atoms with Crippen molar-refractivity contribution < 1.29 is 9.59 Å². The van der Waals surface area contributed by atoms with Crippen molar-refractivity contribution in [2.45, 2.75) is 63.2 Å². The lowest BCUT2D eigenvalue weighted by molar-refractivity contribution is -0.140. The van der Waals surface area contributed by atoms with E-state index in [1.165, 1.54) is 24.8 Å². The molecule has 5 nitrogen and oxygen atoms in total. The molecule has 1 aromatic carbocycles. The Morgan fingerprint density at radius 2 is 1.90 bits per heavy atom. The maximum atomic E-state index is 13.2. The molecule has 1 N–H and O–H groups in total. The van der Waals surface area contributed by atoms with Crippen molar-refractivity contribution in [3.63, 3.8) is 0 Å². The van der Waals surface area contributed by atoms with Crippen molar-refractivity contribution in [3.05, 3.63) is 29.8 Å². The number of hydrogen-bond donors (Lipinski definition) is 1. The molecule has 2 aliphatic heterocycles. The van der Waals surface area contributed by atoms with Crippen LogP contribution >= 0.6 is 11.8 Å². The number of anilines is 1. The van der Waals surface area contributed by atoms with Crippen molar-refractivity contribution in [1.29, 1.82) is 0 Å². The monoisotopic (exact) mass is 415 g/mol. The second-order valence-corrected chi connectivity index (χ2v) is 10.0. The molecule has 1 spiro atoms. The largest absolute Gasteiger partial charge is 0.327 e. The summed E-state index contributed by atoms with van der Waals surface area (Å²) >= 11 is 1.94. The molecule has 3 fully saturated rings. The van der Waals surface area contributed by atoms with E-state index in [9.17, 15) is 9.59 Å². The summed E-state index contributed by atoms with van der Waals surface area (Å²) in [4.78, 5) is 30.0. The highest BCUT2D eigenvalue weighted by atomic mass is 32.2. The number of hydrogen-bond acceptors (Lipinski definition) is 3. The summed E-state index contributed by atoms with van der Waals surface area (Å²) < 4.78 is 0. The number of thioether (sulfide) groups is 1. The van der Waals surface area contributed by atoms with E-state index in [-0.39, 0.29) is 16.8 Å². The van der Waals surface area contributed by atoms with Crippen LogP contribution in [0, 0.1) is 5.92 Å². The van der Waals surface area contributed by atoms with Gasteiger partial charge in [0.15, 0.2) is 0 Å². The van der Waals surface area contributed by atoms with Gasteiger partial charge in [0.1, 0.15) is 0 Å². The van der Waals surface area contributed by atoms with Crippen molar-refractivity contribution >= 4 is 29.4 Å². The molecule has 2 saturated heterocycles. The van der Waals surface area contributed by atoms with E-state index in [4.69, 9.17) is 0 Å². The third-order valence-corrected chi connectivity index (χ3v) is 8.37. The number of rotatable bonds is 3. The summed E-state index contributed by atoms with van der Waals surface area (Å²) in [6.07, 6.45) is 8.47. The Morgan fingerprint density at radius 1 is 1.14 bits per heavy atom. The van der Waals surface area contributed by atoms with E-state index in [0.717, 1.165) is 50.1 Å². The van der Waals surface area contributed by atoms with Crippen LogP contribution in [0.25, 0.3) is 0 Å². The van der Waals surface area contributed by atoms with E-state index in [1.54, 1.807) is 0 Å². The van der Waals surface area contributed by atoms with E-state index in [2.05, 4.69) is 23.2 Å². The number of carbonyl (C=O) groups is 2. The first kappa shape index (κ1) is 20.6. The summed E-state index contributed by atoms with van der Waals surface area (Å²) in [5, 5.41) is 3.05. The number of urea groups is 1.